The molecule has 2 aromatic rings. The van der Waals surface area contributed by atoms with E-state index in [2.05, 4.69) is 4.72 Å². The maximum absolute atomic E-state index is 12.8. The first-order chi connectivity index (χ1) is 13.4. The number of hydrogen-bond donors (Lipinski definition) is 1. The number of benzene rings is 2. The van der Waals surface area contributed by atoms with E-state index in [1.165, 1.54) is 18.6 Å². The zero-order valence-electron chi connectivity index (χ0n) is 16.2. The van der Waals surface area contributed by atoms with Gasteiger partial charge in [0, 0.05) is 24.3 Å². The maximum atomic E-state index is 12.8. The number of amides is 1. The average Bonchev–Trinajstić information content (AvgIpc) is 2.73. The molecule has 0 radical (unpaired) electrons. The van der Waals surface area contributed by atoms with Crippen LogP contribution in [0.15, 0.2) is 53.4 Å². The third-order valence-corrected chi connectivity index (χ3v) is 6.56. The van der Waals surface area contributed by atoms with Crippen molar-refractivity contribution in [2.45, 2.75) is 43.0 Å². The Hall–Kier alpha value is -2.54. The van der Waals surface area contributed by atoms with Gasteiger partial charge in [-0.25, -0.2) is 8.42 Å². The summed E-state index contributed by atoms with van der Waals surface area (Å²) < 4.78 is 33.1. The van der Waals surface area contributed by atoms with Crippen LogP contribution in [0.4, 0.5) is 5.69 Å². The summed E-state index contributed by atoms with van der Waals surface area (Å²) in [4.78, 5) is 14.7. The molecule has 0 atom stereocenters. The number of nitrogens with one attached hydrogen (secondary N) is 1. The highest BCUT2D eigenvalue weighted by Crippen LogP contribution is 2.24. The third kappa shape index (κ3) is 4.65. The van der Waals surface area contributed by atoms with Crippen LogP contribution < -0.4 is 9.46 Å². The number of nitrogens with zero attached hydrogens (tertiary/aromatic N) is 1. The van der Waals surface area contributed by atoms with Gasteiger partial charge in [-0.3, -0.25) is 9.52 Å². The number of anilines is 1. The van der Waals surface area contributed by atoms with Gasteiger partial charge in [0.05, 0.1) is 12.0 Å². The number of carbonyl (C=O) groups excluding carboxylic acids is 1. The lowest BCUT2D eigenvalue weighted by atomic mass is 9.94. The van der Waals surface area contributed by atoms with Gasteiger partial charge in [0.2, 0.25) is 0 Å². The second-order valence-corrected chi connectivity index (χ2v) is 8.75. The molecule has 1 N–H and O–H groups in total. The van der Waals surface area contributed by atoms with Crippen molar-refractivity contribution in [2.75, 3.05) is 18.9 Å². The molecule has 0 aromatic heterocycles. The van der Waals surface area contributed by atoms with Gasteiger partial charge in [0.1, 0.15) is 5.75 Å². The molecule has 6 nitrogen and oxygen atoms in total. The Morgan fingerprint density at radius 1 is 1.07 bits per heavy atom. The van der Waals surface area contributed by atoms with Gasteiger partial charge in [-0.2, -0.15) is 0 Å². The van der Waals surface area contributed by atoms with Crippen molar-refractivity contribution < 1.29 is 17.9 Å². The first kappa shape index (κ1) is 20.2. The van der Waals surface area contributed by atoms with Gasteiger partial charge < -0.3 is 9.64 Å². The van der Waals surface area contributed by atoms with E-state index in [4.69, 9.17) is 4.74 Å². The van der Waals surface area contributed by atoms with Crippen LogP contribution in [0.1, 0.15) is 42.5 Å². The first-order valence-electron chi connectivity index (χ1n) is 9.45. The number of rotatable bonds is 6. The molecule has 1 aliphatic carbocycles. The molecule has 7 heteroatoms. The number of sulfonamides is 1. The van der Waals surface area contributed by atoms with Crippen molar-refractivity contribution >= 4 is 21.6 Å². The molecule has 28 heavy (non-hydrogen) atoms. The lowest BCUT2D eigenvalue weighted by Gasteiger charge is -2.31. The highest BCUT2D eigenvalue weighted by molar-refractivity contribution is 7.92. The summed E-state index contributed by atoms with van der Waals surface area (Å²) >= 11 is 0. The van der Waals surface area contributed by atoms with Crippen LogP contribution in [0.25, 0.3) is 0 Å². The average molecular weight is 403 g/mol. The largest absolute Gasteiger partial charge is 0.497 e. The molecule has 1 amide bonds. The van der Waals surface area contributed by atoms with Crippen molar-refractivity contribution in [1.82, 2.24) is 4.90 Å². The summed E-state index contributed by atoms with van der Waals surface area (Å²) in [6.07, 6.45) is 5.47. The Morgan fingerprint density at radius 2 is 1.75 bits per heavy atom. The molecule has 0 spiro atoms. The van der Waals surface area contributed by atoms with E-state index in [0.717, 1.165) is 25.7 Å². The lowest BCUT2D eigenvalue weighted by molar-refractivity contribution is 0.0696. The zero-order chi connectivity index (χ0) is 20.1. The normalized spacial score (nSPS) is 15.1. The van der Waals surface area contributed by atoms with Gasteiger partial charge in [0.15, 0.2) is 0 Å². The molecule has 1 saturated carbocycles. The molecule has 0 heterocycles. The van der Waals surface area contributed by atoms with E-state index in [1.807, 2.05) is 0 Å². The minimum Gasteiger partial charge on any atom is -0.497 e. The predicted molar refractivity (Wildman–Crippen MR) is 109 cm³/mol. The maximum Gasteiger partial charge on any atom is 0.261 e. The van der Waals surface area contributed by atoms with Crippen LogP contribution in [-0.2, 0) is 10.0 Å². The topological polar surface area (TPSA) is 75.7 Å². The molecule has 0 aliphatic heterocycles. The van der Waals surface area contributed by atoms with E-state index in [9.17, 15) is 13.2 Å². The highest BCUT2D eigenvalue weighted by Gasteiger charge is 2.24. The van der Waals surface area contributed by atoms with E-state index >= 15 is 0 Å². The fourth-order valence-electron chi connectivity index (χ4n) is 3.51. The number of hydrogen-bond acceptors (Lipinski definition) is 4. The Bertz CT molecular complexity index is 920. The lowest BCUT2D eigenvalue weighted by Crippen LogP contribution is -2.38. The molecule has 0 bridgehead atoms. The van der Waals surface area contributed by atoms with E-state index < -0.39 is 10.0 Å². The van der Waals surface area contributed by atoms with Gasteiger partial charge >= 0.3 is 0 Å². The second-order valence-electron chi connectivity index (χ2n) is 7.07. The highest BCUT2D eigenvalue weighted by atomic mass is 32.2. The number of ether oxygens (including phenoxy) is 1. The zero-order valence-corrected chi connectivity index (χ0v) is 17.0. The number of methoxy groups -OCH3 is 1. The van der Waals surface area contributed by atoms with Crippen LogP contribution >= 0.6 is 0 Å². The molecule has 1 aliphatic rings. The van der Waals surface area contributed by atoms with Crippen molar-refractivity contribution in [3.05, 3.63) is 54.1 Å². The van der Waals surface area contributed by atoms with E-state index in [-0.39, 0.29) is 16.8 Å². The summed E-state index contributed by atoms with van der Waals surface area (Å²) in [5.74, 6) is 0.495. The molecule has 0 unspecified atom stereocenters. The number of carbonyl (C=O) groups is 1. The molecule has 1 fully saturated rings. The molecular formula is C21H26N2O4S. The van der Waals surface area contributed by atoms with Crippen molar-refractivity contribution in [1.29, 1.82) is 0 Å². The van der Waals surface area contributed by atoms with E-state index in [1.54, 1.807) is 55.5 Å². The smallest absolute Gasteiger partial charge is 0.261 e. The van der Waals surface area contributed by atoms with Gasteiger partial charge in [-0.15, -0.1) is 0 Å². The molecule has 0 saturated heterocycles. The quantitative estimate of drug-likeness (QED) is 0.795. The summed E-state index contributed by atoms with van der Waals surface area (Å²) in [6, 6.07) is 13.0. The van der Waals surface area contributed by atoms with E-state index in [0.29, 0.717) is 17.0 Å². The van der Waals surface area contributed by atoms with Crippen LogP contribution in [0.5, 0.6) is 5.75 Å². The summed E-state index contributed by atoms with van der Waals surface area (Å²) in [5, 5.41) is 0. The second kappa shape index (κ2) is 8.65. The standard InChI is InChI=1S/C21H26N2O4S/c1-23(18-8-4-3-5-9-18)21(24)16-7-6-10-20(15-16)28(25,26)22-17-11-13-19(27-2)14-12-17/h6-7,10-15,18,22H,3-5,8-9H2,1-2H3. The van der Waals surface area contributed by atoms with Gasteiger partial charge in [0.25, 0.3) is 15.9 Å². The Balaban J connectivity index is 1.77. The van der Waals surface area contributed by atoms with Crippen molar-refractivity contribution in [3.63, 3.8) is 0 Å². The molecular weight excluding hydrogens is 376 g/mol. The molecule has 3 rings (SSSR count). The van der Waals surface area contributed by atoms with Crippen molar-refractivity contribution in [2.24, 2.45) is 0 Å². The van der Waals surface area contributed by atoms with Crippen molar-refractivity contribution in [3.8, 4) is 5.75 Å². The molecule has 2 aromatic carbocycles. The minimum absolute atomic E-state index is 0.0613. The first-order valence-corrected chi connectivity index (χ1v) is 10.9. The Labute approximate surface area is 166 Å². The predicted octanol–water partition coefficient (Wildman–Crippen LogP) is 3.90. The molecule has 150 valence electrons. The van der Waals surface area contributed by atoms with Gasteiger partial charge in [-0.1, -0.05) is 25.3 Å². The summed E-state index contributed by atoms with van der Waals surface area (Å²) in [6.45, 7) is 0. The summed E-state index contributed by atoms with van der Waals surface area (Å²) in [5.41, 5.74) is 0.808. The van der Waals surface area contributed by atoms with Crippen LogP contribution in [0, 0.1) is 0 Å². The van der Waals surface area contributed by atoms with Crippen LogP contribution in [-0.4, -0.2) is 39.4 Å². The van der Waals surface area contributed by atoms with Crippen LogP contribution in [0.3, 0.4) is 0 Å². The fraction of sp³-hybridized carbons (Fsp3) is 0.381. The monoisotopic (exact) mass is 402 g/mol. The SMILES string of the molecule is COc1ccc(NS(=O)(=O)c2cccc(C(=O)N(C)C3CCCCC3)c2)cc1. The Kier molecular flexibility index (Phi) is 6.24. The minimum atomic E-state index is -3.80. The summed E-state index contributed by atoms with van der Waals surface area (Å²) in [7, 11) is -0.453. The van der Waals surface area contributed by atoms with Crippen LogP contribution in [0.2, 0.25) is 0 Å². The third-order valence-electron chi connectivity index (χ3n) is 5.18. The fourth-order valence-corrected chi connectivity index (χ4v) is 4.61. The van der Waals surface area contributed by atoms with Gasteiger partial charge in [-0.05, 0) is 55.3 Å². The Morgan fingerprint density at radius 3 is 2.39 bits per heavy atom.